The molecular weight excluding hydrogens is 286 g/mol. The summed E-state index contributed by atoms with van der Waals surface area (Å²) in [6.07, 6.45) is 1.74. The van der Waals surface area contributed by atoms with E-state index in [1.54, 1.807) is 25.3 Å². The van der Waals surface area contributed by atoms with Gasteiger partial charge in [-0.05, 0) is 50.7 Å². The van der Waals surface area contributed by atoms with E-state index in [1.807, 2.05) is 31.2 Å². The minimum atomic E-state index is -3.46. The molecule has 0 saturated carbocycles. The van der Waals surface area contributed by atoms with Gasteiger partial charge in [-0.1, -0.05) is 12.1 Å². The number of rotatable bonds is 5. The van der Waals surface area contributed by atoms with Crippen LogP contribution in [0, 0.1) is 6.92 Å². The lowest BCUT2D eigenvalue weighted by molar-refractivity contribution is 0.587. The summed E-state index contributed by atoms with van der Waals surface area (Å²) in [6.45, 7) is 3.75. The second-order valence-corrected chi connectivity index (χ2v) is 6.66. The van der Waals surface area contributed by atoms with Crippen molar-refractivity contribution in [2.75, 3.05) is 12.4 Å². The summed E-state index contributed by atoms with van der Waals surface area (Å²) in [5.74, 6) is 0. The molecule has 0 fully saturated rings. The smallest absolute Gasteiger partial charge is 0.240 e. The Kier molecular flexibility index (Phi) is 4.59. The second-order valence-electron chi connectivity index (χ2n) is 4.81. The maximum Gasteiger partial charge on any atom is 0.240 e. The van der Waals surface area contributed by atoms with E-state index >= 15 is 0 Å². The summed E-state index contributed by atoms with van der Waals surface area (Å²) in [5.41, 5.74) is 2.35. The third-order valence-corrected chi connectivity index (χ3v) is 4.82. The summed E-state index contributed by atoms with van der Waals surface area (Å²) in [5, 5.41) is 3.27. The molecule has 6 heteroatoms. The van der Waals surface area contributed by atoms with Crippen LogP contribution in [0.5, 0.6) is 0 Å². The third kappa shape index (κ3) is 3.59. The predicted molar refractivity (Wildman–Crippen MR) is 83.7 cm³/mol. The van der Waals surface area contributed by atoms with Crippen molar-refractivity contribution in [2.45, 2.75) is 24.8 Å². The first-order chi connectivity index (χ1) is 9.94. The molecule has 2 aromatic rings. The van der Waals surface area contributed by atoms with Gasteiger partial charge in [-0.3, -0.25) is 4.98 Å². The average molecular weight is 305 g/mol. The van der Waals surface area contributed by atoms with Crippen LogP contribution in [0.2, 0.25) is 0 Å². The van der Waals surface area contributed by atoms with E-state index in [-0.39, 0.29) is 10.9 Å². The van der Waals surface area contributed by atoms with Crippen molar-refractivity contribution in [3.8, 4) is 0 Å². The maximum atomic E-state index is 12.0. The number of anilines is 1. The van der Waals surface area contributed by atoms with Crippen molar-refractivity contribution in [1.29, 1.82) is 0 Å². The van der Waals surface area contributed by atoms with Crippen molar-refractivity contribution < 1.29 is 8.42 Å². The van der Waals surface area contributed by atoms with E-state index in [4.69, 9.17) is 0 Å². The molecule has 21 heavy (non-hydrogen) atoms. The zero-order valence-electron chi connectivity index (χ0n) is 12.3. The molecule has 0 aliphatic carbocycles. The summed E-state index contributed by atoms with van der Waals surface area (Å²) < 4.78 is 26.3. The van der Waals surface area contributed by atoms with Crippen molar-refractivity contribution in [3.63, 3.8) is 0 Å². The molecule has 0 aliphatic heterocycles. The average Bonchev–Trinajstić information content (AvgIpc) is 2.50. The van der Waals surface area contributed by atoms with Gasteiger partial charge < -0.3 is 5.32 Å². The Hall–Kier alpha value is -1.92. The molecule has 0 bridgehead atoms. The standard InChI is InChI=1S/C15H19N3O2S/c1-11-7-8-13(10-15(11)21(19,20)16-3)18-12(2)14-6-4-5-9-17-14/h4-10,12,16,18H,1-3H3. The van der Waals surface area contributed by atoms with Gasteiger partial charge in [-0.15, -0.1) is 0 Å². The Balaban J connectivity index is 2.28. The van der Waals surface area contributed by atoms with Gasteiger partial charge in [-0.2, -0.15) is 0 Å². The normalized spacial score (nSPS) is 12.9. The van der Waals surface area contributed by atoms with E-state index in [0.29, 0.717) is 5.56 Å². The van der Waals surface area contributed by atoms with Crippen LogP contribution in [0.1, 0.15) is 24.2 Å². The van der Waals surface area contributed by atoms with Gasteiger partial charge in [0.05, 0.1) is 16.6 Å². The molecule has 1 unspecified atom stereocenters. The van der Waals surface area contributed by atoms with E-state index in [0.717, 1.165) is 11.4 Å². The van der Waals surface area contributed by atoms with Gasteiger partial charge in [0.1, 0.15) is 0 Å². The van der Waals surface area contributed by atoms with Crippen molar-refractivity contribution in [2.24, 2.45) is 0 Å². The highest BCUT2D eigenvalue weighted by Crippen LogP contribution is 2.23. The Morgan fingerprint density at radius 3 is 2.57 bits per heavy atom. The fourth-order valence-electron chi connectivity index (χ4n) is 2.05. The first-order valence-corrected chi connectivity index (χ1v) is 8.14. The van der Waals surface area contributed by atoms with Crippen LogP contribution in [0.25, 0.3) is 0 Å². The number of hydrogen-bond acceptors (Lipinski definition) is 4. The van der Waals surface area contributed by atoms with Gasteiger partial charge in [0.2, 0.25) is 10.0 Å². The minimum absolute atomic E-state index is 0.0148. The first-order valence-electron chi connectivity index (χ1n) is 6.65. The molecule has 2 N–H and O–H groups in total. The van der Waals surface area contributed by atoms with Gasteiger partial charge in [0, 0.05) is 11.9 Å². The summed E-state index contributed by atoms with van der Waals surface area (Å²) in [6, 6.07) is 11.0. The van der Waals surface area contributed by atoms with E-state index in [2.05, 4.69) is 15.0 Å². The number of nitrogens with one attached hydrogen (secondary N) is 2. The van der Waals surface area contributed by atoms with Crippen LogP contribution >= 0.6 is 0 Å². The number of aromatic nitrogens is 1. The Morgan fingerprint density at radius 2 is 1.95 bits per heavy atom. The van der Waals surface area contributed by atoms with Gasteiger partial charge >= 0.3 is 0 Å². The molecule has 112 valence electrons. The molecule has 0 aliphatic rings. The molecule has 1 atom stereocenters. The molecule has 1 aromatic carbocycles. The van der Waals surface area contributed by atoms with Gasteiger partial charge in [0.25, 0.3) is 0 Å². The van der Waals surface area contributed by atoms with Gasteiger partial charge in [-0.25, -0.2) is 13.1 Å². The fraction of sp³-hybridized carbons (Fsp3) is 0.267. The van der Waals surface area contributed by atoms with E-state index in [1.165, 1.54) is 7.05 Å². The predicted octanol–water partition coefficient (Wildman–Crippen LogP) is 2.47. The summed E-state index contributed by atoms with van der Waals surface area (Å²) in [7, 11) is -2.05. The minimum Gasteiger partial charge on any atom is -0.377 e. The molecule has 0 amide bonds. The quantitative estimate of drug-likeness (QED) is 0.890. The Morgan fingerprint density at radius 1 is 1.19 bits per heavy atom. The summed E-state index contributed by atoms with van der Waals surface area (Å²) in [4.78, 5) is 4.57. The molecule has 1 aromatic heterocycles. The van der Waals surface area contributed by atoms with Crippen LogP contribution in [0.15, 0.2) is 47.5 Å². The van der Waals surface area contributed by atoms with E-state index < -0.39 is 10.0 Å². The number of pyridine rings is 1. The third-order valence-electron chi connectivity index (χ3n) is 3.26. The second kappa shape index (κ2) is 6.24. The van der Waals surface area contributed by atoms with Crippen LogP contribution in [-0.2, 0) is 10.0 Å². The number of aryl methyl sites for hydroxylation is 1. The first kappa shape index (κ1) is 15.5. The lowest BCUT2D eigenvalue weighted by atomic mass is 10.2. The highest BCUT2D eigenvalue weighted by molar-refractivity contribution is 7.89. The van der Waals surface area contributed by atoms with Crippen LogP contribution in [0.4, 0.5) is 5.69 Å². The van der Waals surface area contributed by atoms with E-state index in [9.17, 15) is 8.42 Å². The van der Waals surface area contributed by atoms with Crippen LogP contribution < -0.4 is 10.0 Å². The lowest BCUT2D eigenvalue weighted by Gasteiger charge is -2.16. The van der Waals surface area contributed by atoms with Crippen LogP contribution in [-0.4, -0.2) is 20.4 Å². The summed E-state index contributed by atoms with van der Waals surface area (Å²) >= 11 is 0. The van der Waals surface area contributed by atoms with Crippen molar-refractivity contribution in [1.82, 2.24) is 9.71 Å². The fourth-order valence-corrected chi connectivity index (χ4v) is 3.04. The zero-order chi connectivity index (χ0) is 15.5. The number of benzene rings is 1. The van der Waals surface area contributed by atoms with Crippen LogP contribution in [0.3, 0.4) is 0 Å². The molecular formula is C15H19N3O2S. The highest BCUT2D eigenvalue weighted by Gasteiger charge is 2.16. The number of hydrogen-bond donors (Lipinski definition) is 2. The topological polar surface area (TPSA) is 71.1 Å². The maximum absolute atomic E-state index is 12.0. The molecule has 0 spiro atoms. The highest BCUT2D eigenvalue weighted by atomic mass is 32.2. The Bertz CT molecular complexity index is 715. The van der Waals surface area contributed by atoms with Crippen molar-refractivity contribution >= 4 is 15.7 Å². The van der Waals surface area contributed by atoms with Gasteiger partial charge in [0.15, 0.2) is 0 Å². The molecule has 0 saturated heterocycles. The largest absolute Gasteiger partial charge is 0.377 e. The zero-order valence-corrected chi connectivity index (χ0v) is 13.1. The van der Waals surface area contributed by atoms with Crippen molar-refractivity contribution in [3.05, 3.63) is 53.9 Å². The molecule has 1 heterocycles. The number of nitrogens with zero attached hydrogens (tertiary/aromatic N) is 1. The monoisotopic (exact) mass is 305 g/mol. The SMILES string of the molecule is CNS(=O)(=O)c1cc(NC(C)c2ccccn2)ccc1C. The molecule has 0 radical (unpaired) electrons. The lowest BCUT2D eigenvalue weighted by Crippen LogP contribution is -2.20. The molecule has 2 rings (SSSR count). The molecule has 5 nitrogen and oxygen atoms in total. The number of sulfonamides is 1. The Labute approximate surface area is 125 Å².